The maximum Gasteiger partial charge on any atom is 0.145 e. The summed E-state index contributed by atoms with van der Waals surface area (Å²) in [5.41, 5.74) is 1.84. The van der Waals surface area contributed by atoms with Crippen LogP contribution in [-0.2, 0) is 23.3 Å². The number of rotatable bonds is 2. The van der Waals surface area contributed by atoms with Crippen molar-refractivity contribution in [1.29, 1.82) is 0 Å². The molecular formula is C18H20ClFN2OS. The number of halogens is 2. The van der Waals surface area contributed by atoms with E-state index < -0.39 is 0 Å². The quantitative estimate of drug-likeness (QED) is 0.788. The molecule has 0 aliphatic carbocycles. The highest BCUT2D eigenvalue weighted by Crippen LogP contribution is 2.48. The number of fused-ring (bicyclic) bond motifs is 2. The number of piperidine rings is 1. The van der Waals surface area contributed by atoms with Crippen molar-refractivity contribution in [2.45, 2.75) is 44.4 Å². The van der Waals surface area contributed by atoms with E-state index in [4.69, 9.17) is 16.3 Å². The predicted octanol–water partition coefficient (Wildman–Crippen LogP) is 4.39. The van der Waals surface area contributed by atoms with E-state index in [0.29, 0.717) is 18.2 Å². The van der Waals surface area contributed by atoms with E-state index in [1.807, 2.05) is 0 Å². The van der Waals surface area contributed by atoms with Crippen LogP contribution in [0.2, 0.25) is 4.34 Å². The van der Waals surface area contributed by atoms with Gasteiger partial charge in [-0.05, 0) is 43.9 Å². The average molecular weight is 367 g/mol. The first kappa shape index (κ1) is 16.5. The molecule has 1 saturated heterocycles. The zero-order chi connectivity index (χ0) is 16.7. The van der Waals surface area contributed by atoms with Crippen LogP contribution in [0.3, 0.4) is 0 Å². The summed E-state index contributed by atoms with van der Waals surface area (Å²) in [5.74, 6) is -0.230. The normalized spacial score (nSPS) is 27.4. The van der Waals surface area contributed by atoms with Gasteiger partial charge in [-0.15, -0.1) is 11.3 Å². The minimum absolute atomic E-state index is 0.210. The Balaban J connectivity index is 1.54. The molecule has 128 valence electrons. The molecule has 2 aliphatic heterocycles. The second-order valence-electron chi connectivity index (χ2n) is 6.74. The van der Waals surface area contributed by atoms with Crippen molar-refractivity contribution in [2.75, 3.05) is 13.2 Å². The van der Waals surface area contributed by atoms with E-state index in [1.165, 1.54) is 16.6 Å². The Morgan fingerprint density at radius 3 is 3.21 bits per heavy atom. The van der Waals surface area contributed by atoms with Crippen LogP contribution in [0, 0.1) is 5.82 Å². The Bertz CT molecular complexity index is 752. The van der Waals surface area contributed by atoms with Gasteiger partial charge in [0, 0.05) is 35.8 Å². The number of hydrogen-bond acceptors (Lipinski definition) is 4. The van der Waals surface area contributed by atoms with Crippen molar-refractivity contribution >= 4 is 22.9 Å². The first-order valence-corrected chi connectivity index (χ1v) is 9.52. The Kier molecular flexibility index (Phi) is 4.37. The van der Waals surface area contributed by atoms with Crippen molar-refractivity contribution in [1.82, 2.24) is 9.88 Å². The largest absolute Gasteiger partial charge is 0.369 e. The third-order valence-electron chi connectivity index (χ3n) is 5.22. The van der Waals surface area contributed by atoms with E-state index in [1.54, 1.807) is 23.6 Å². The van der Waals surface area contributed by atoms with Gasteiger partial charge in [0.25, 0.3) is 0 Å². The molecule has 4 rings (SSSR count). The number of likely N-dealkylation sites (tertiary alicyclic amines) is 1. The highest BCUT2D eigenvalue weighted by Gasteiger charge is 2.44. The molecule has 2 aromatic heterocycles. The van der Waals surface area contributed by atoms with Crippen LogP contribution in [0.5, 0.6) is 0 Å². The summed E-state index contributed by atoms with van der Waals surface area (Å²) in [4.78, 5) is 7.46. The lowest BCUT2D eigenvalue weighted by Gasteiger charge is -2.47. The van der Waals surface area contributed by atoms with Gasteiger partial charge in [-0.2, -0.15) is 0 Å². The molecule has 0 unspecified atom stereocenters. The molecule has 4 heterocycles. The Labute approximate surface area is 150 Å². The number of aromatic nitrogens is 1. The predicted molar refractivity (Wildman–Crippen MR) is 94.0 cm³/mol. The van der Waals surface area contributed by atoms with E-state index in [2.05, 4.69) is 22.9 Å². The Morgan fingerprint density at radius 2 is 2.42 bits per heavy atom. The second kappa shape index (κ2) is 6.37. The van der Waals surface area contributed by atoms with Gasteiger partial charge in [0.1, 0.15) is 11.4 Å². The van der Waals surface area contributed by atoms with Crippen molar-refractivity contribution in [3.63, 3.8) is 0 Å². The van der Waals surface area contributed by atoms with Crippen molar-refractivity contribution < 1.29 is 9.13 Å². The highest BCUT2D eigenvalue weighted by molar-refractivity contribution is 7.16. The van der Waals surface area contributed by atoms with Crippen LogP contribution in [0.25, 0.3) is 0 Å². The smallest absolute Gasteiger partial charge is 0.145 e. The van der Waals surface area contributed by atoms with E-state index in [-0.39, 0.29) is 11.4 Å². The van der Waals surface area contributed by atoms with Crippen molar-refractivity contribution in [2.24, 2.45) is 0 Å². The van der Waals surface area contributed by atoms with Gasteiger partial charge < -0.3 is 4.74 Å². The molecule has 2 aliphatic rings. The molecular weight excluding hydrogens is 347 g/mol. The number of ether oxygens (including phenoxy) is 1. The lowest BCUT2D eigenvalue weighted by molar-refractivity contribution is -0.110. The topological polar surface area (TPSA) is 25.4 Å². The van der Waals surface area contributed by atoms with Crippen molar-refractivity contribution in [3.05, 3.63) is 50.7 Å². The molecule has 0 amide bonds. The van der Waals surface area contributed by atoms with Crippen LogP contribution in [0.1, 0.15) is 35.8 Å². The molecule has 6 heteroatoms. The van der Waals surface area contributed by atoms with Crippen molar-refractivity contribution in [3.8, 4) is 0 Å². The SMILES string of the molecule is C[C@H]1C[C@@]2(CCN1Cc1ccncc1F)OCCc1cc(Cl)sc12. The van der Waals surface area contributed by atoms with Crippen LogP contribution in [-0.4, -0.2) is 29.1 Å². The molecule has 2 atom stereocenters. The number of hydrogen-bond donors (Lipinski definition) is 0. The fraction of sp³-hybridized carbons (Fsp3) is 0.500. The maximum atomic E-state index is 13.9. The number of nitrogens with zero attached hydrogens (tertiary/aromatic N) is 2. The molecule has 3 nitrogen and oxygen atoms in total. The van der Waals surface area contributed by atoms with Gasteiger partial charge in [0.05, 0.1) is 17.1 Å². The summed E-state index contributed by atoms with van der Waals surface area (Å²) in [5, 5.41) is 0. The molecule has 2 aromatic rings. The Hall–Kier alpha value is -1.01. The van der Waals surface area contributed by atoms with Gasteiger partial charge in [-0.25, -0.2) is 4.39 Å². The van der Waals surface area contributed by atoms with E-state index in [9.17, 15) is 4.39 Å². The minimum atomic E-state index is -0.230. The monoisotopic (exact) mass is 366 g/mol. The third kappa shape index (κ3) is 2.88. The molecule has 0 aromatic carbocycles. The molecule has 24 heavy (non-hydrogen) atoms. The average Bonchev–Trinajstić information content (AvgIpc) is 2.94. The Morgan fingerprint density at radius 1 is 1.54 bits per heavy atom. The van der Waals surface area contributed by atoms with Gasteiger partial charge in [-0.1, -0.05) is 11.6 Å². The van der Waals surface area contributed by atoms with E-state index in [0.717, 1.165) is 36.8 Å². The summed E-state index contributed by atoms with van der Waals surface area (Å²) < 4.78 is 21.0. The lowest BCUT2D eigenvalue weighted by atomic mass is 9.82. The molecule has 1 spiro atoms. The first-order chi connectivity index (χ1) is 11.6. The third-order valence-corrected chi connectivity index (χ3v) is 6.72. The molecule has 0 saturated carbocycles. The summed E-state index contributed by atoms with van der Waals surface area (Å²) in [7, 11) is 0. The van der Waals surface area contributed by atoms with Crippen LogP contribution < -0.4 is 0 Å². The van der Waals surface area contributed by atoms with Gasteiger partial charge in [0.2, 0.25) is 0 Å². The van der Waals surface area contributed by atoms with Crippen LogP contribution in [0.15, 0.2) is 24.5 Å². The summed E-state index contributed by atoms with van der Waals surface area (Å²) in [6.07, 6.45) is 5.73. The van der Waals surface area contributed by atoms with Gasteiger partial charge in [0.15, 0.2) is 0 Å². The summed E-state index contributed by atoms with van der Waals surface area (Å²) in [6.45, 7) is 4.46. The molecule has 0 bridgehead atoms. The van der Waals surface area contributed by atoms with E-state index >= 15 is 0 Å². The summed E-state index contributed by atoms with van der Waals surface area (Å²) in [6, 6.07) is 4.17. The summed E-state index contributed by atoms with van der Waals surface area (Å²) >= 11 is 7.91. The molecule has 1 fully saturated rings. The zero-order valence-electron chi connectivity index (χ0n) is 13.6. The van der Waals surface area contributed by atoms with Crippen LogP contribution >= 0.6 is 22.9 Å². The molecule has 0 radical (unpaired) electrons. The fourth-order valence-corrected chi connectivity index (χ4v) is 5.45. The van der Waals surface area contributed by atoms with Gasteiger partial charge in [-0.3, -0.25) is 9.88 Å². The lowest BCUT2D eigenvalue weighted by Crippen LogP contribution is -2.50. The second-order valence-corrected chi connectivity index (χ2v) is 8.42. The highest BCUT2D eigenvalue weighted by atomic mass is 35.5. The molecule has 0 N–H and O–H groups in total. The maximum absolute atomic E-state index is 13.9. The zero-order valence-corrected chi connectivity index (χ0v) is 15.2. The van der Waals surface area contributed by atoms with Crippen LogP contribution in [0.4, 0.5) is 4.39 Å². The standard InChI is InChI=1S/C18H20ClFN2OS/c1-12-9-18(17-13(3-7-23-18)8-16(19)24-17)4-6-22(12)11-14-2-5-21-10-15(14)20/h2,5,8,10,12H,3-4,6-7,9,11H2,1H3/t12-,18+/m0/s1. The fourth-order valence-electron chi connectivity index (χ4n) is 3.96. The number of thiophene rings is 1. The van der Waals surface area contributed by atoms with Gasteiger partial charge >= 0.3 is 0 Å². The number of pyridine rings is 1. The minimum Gasteiger partial charge on any atom is -0.369 e. The first-order valence-electron chi connectivity index (χ1n) is 8.32.